The minimum absolute atomic E-state index is 0. The zero-order valence-corrected chi connectivity index (χ0v) is 13.5. The first-order valence-electron chi connectivity index (χ1n) is 7.96. The van der Waals surface area contributed by atoms with E-state index in [0.717, 1.165) is 32.5 Å². The van der Waals surface area contributed by atoms with Gasteiger partial charge in [0.05, 0.1) is 6.54 Å². The van der Waals surface area contributed by atoms with Crippen LogP contribution in [0.15, 0.2) is 0 Å². The van der Waals surface area contributed by atoms with Crippen molar-refractivity contribution in [3.8, 4) is 0 Å². The minimum Gasteiger partial charge on any atom is -0.339 e. The van der Waals surface area contributed by atoms with E-state index in [0.29, 0.717) is 24.5 Å². The molecule has 2 saturated heterocycles. The lowest BCUT2D eigenvalue weighted by Gasteiger charge is -2.39. The lowest BCUT2D eigenvalue weighted by molar-refractivity contribution is -0.136. The fraction of sp³-hybridized carbons (Fsp3) is 0.933. The molecular weight excluding hydrogens is 274 g/mol. The summed E-state index contributed by atoms with van der Waals surface area (Å²) in [6.07, 6.45) is 8.35. The molecule has 0 spiro atoms. The number of piperidine rings is 2. The summed E-state index contributed by atoms with van der Waals surface area (Å²) < 4.78 is 0. The van der Waals surface area contributed by atoms with E-state index in [2.05, 4.69) is 16.7 Å². The first-order chi connectivity index (χ1) is 9.22. The fourth-order valence-electron chi connectivity index (χ4n) is 3.52. The Morgan fingerprint density at radius 3 is 2.55 bits per heavy atom. The van der Waals surface area contributed by atoms with Gasteiger partial charge < -0.3 is 10.6 Å². The molecule has 2 rings (SSSR count). The molecule has 2 aliphatic heterocycles. The van der Waals surface area contributed by atoms with E-state index in [1.165, 1.54) is 32.1 Å². The lowest BCUT2D eigenvalue weighted by Crippen LogP contribution is -2.50. The van der Waals surface area contributed by atoms with Crippen molar-refractivity contribution in [1.82, 2.24) is 9.80 Å². The number of likely N-dealkylation sites (tertiary alicyclic amines) is 2. The Hall–Kier alpha value is -0.320. The quantitative estimate of drug-likeness (QED) is 0.864. The average Bonchev–Trinajstić information content (AvgIpc) is 2.41. The molecule has 5 heteroatoms. The van der Waals surface area contributed by atoms with Crippen LogP contribution in [0.2, 0.25) is 0 Å². The fourth-order valence-corrected chi connectivity index (χ4v) is 3.52. The number of hydrogen-bond donors (Lipinski definition) is 1. The van der Waals surface area contributed by atoms with Crippen molar-refractivity contribution >= 4 is 18.3 Å². The topological polar surface area (TPSA) is 49.6 Å². The molecule has 20 heavy (non-hydrogen) atoms. The van der Waals surface area contributed by atoms with Crippen LogP contribution >= 0.6 is 12.4 Å². The minimum atomic E-state index is 0. The molecule has 0 bridgehead atoms. The molecule has 0 aromatic rings. The first kappa shape index (κ1) is 17.7. The number of nitrogens with zero attached hydrogens (tertiary/aromatic N) is 2. The number of carbonyl (C=O) groups excluding carboxylic acids is 1. The van der Waals surface area contributed by atoms with Crippen LogP contribution in [0.3, 0.4) is 0 Å². The highest BCUT2D eigenvalue weighted by Crippen LogP contribution is 2.21. The van der Waals surface area contributed by atoms with Gasteiger partial charge in [-0.15, -0.1) is 12.4 Å². The van der Waals surface area contributed by atoms with Gasteiger partial charge in [0.2, 0.25) is 5.91 Å². The summed E-state index contributed by atoms with van der Waals surface area (Å²) >= 11 is 0. The highest BCUT2D eigenvalue weighted by atomic mass is 35.5. The van der Waals surface area contributed by atoms with Crippen molar-refractivity contribution in [2.45, 2.75) is 64.0 Å². The van der Waals surface area contributed by atoms with E-state index >= 15 is 0 Å². The van der Waals surface area contributed by atoms with Crippen LogP contribution in [-0.4, -0.2) is 54.0 Å². The molecule has 2 unspecified atom stereocenters. The number of halogens is 1. The maximum Gasteiger partial charge on any atom is 0.236 e. The molecule has 0 radical (unpaired) electrons. The van der Waals surface area contributed by atoms with Crippen molar-refractivity contribution in [3.63, 3.8) is 0 Å². The number of amides is 1. The van der Waals surface area contributed by atoms with Gasteiger partial charge in [0.15, 0.2) is 0 Å². The number of hydrogen-bond acceptors (Lipinski definition) is 3. The van der Waals surface area contributed by atoms with Crippen LogP contribution in [0.25, 0.3) is 0 Å². The predicted molar refractivity (Wildman–Crippen MR) is 85.2 cm³/mol. The Kier molecular flexibility index (Phi) is 7.85. The SMILES string of the molecule is CC1CCCCN1C(=O)CN1CCCCC1CCN.Cl. The van der Waals surface area contributed by atoms with Gasteiger partial charge in [-0.3, -0.25) is 9.69 Å². The maximum atomic E-state index is 12.5. The van der Waals surface area contributed by atoms with Crippen LogP contribution in [0, 0.1) is 0 Å². The van der Waals surface area contributed by atoms with Crippen LogP contribution in [0.5, 0.6) is 0 Å². The average molecular weight is 304 g/mol. The second-order valence-electron chi connectivity index (χ2n) is 6.13. The lowest BCUT2D eigenvalue weighted by atomic mass is 9.99. The van der Waals surface area contributed by atoms with Crippen LogP contribution in [-0.2, 0) is 4.79 Å². The maximum absolute atomic E-state index is 12.5. The molecule has 2 N–H and O–H groups in total. The zero-order chi connectivity index (χ0) is 13.7. The van der Waals surface area contributed by atoms with Crippen molar-refractivity contribution in [2.24, 2.45) is 5.73 Å². The number of nitrogens with two attached hydrogens (primary N) is 1. The third-order valence-corrected chi connectivity index (χ3v) is 4.71. The molecule has 2 heterocycles. The molecular formula is C15H30ClN3O. The van der Waals surface area contributed by atoms with Gasteiger partial charge in [-0.1, -0.05) is 6.42 Å². The van der Waals surface area contributed by atoms with E-state index in [9.17, 15) is 4.79 Å². The van der Waals surface area contributed by atoms with Crippen molar-refractivity contribution in [3.05, 3.63) is 0 Å². The zero-order valence-electron chi connectivity index (χ0n) is 12.7. The molecule has 4 nitrogen and oxygen atoms in total. The van der Waals surface area contributed by atoms with Gasteiger partial charge in [-0.2, -0.15) is 0 Å². The highest BCUT2D eigenvalue weighted by Gasteiger charge is 2.28. The third-order valence-electron chi connectivity index (χ3n) is 4.71. The van der Waals surface area contributed by atoms with E-state index in [4.69, 9.17) is 5.73 Å². The van der Waals surface area contributed by atoms with Gasteiger partial charge in [0, 0.05) is 18.6 Å². The van der Waals surface area contributed by atoms with Gasteiger partial charge in [-0.25, -0.2) is 0 Å². The molecule has 0 aromatic carbocycles. The Morgan fingerprint density at radius 1 is 1.15 bits per heavy atom. The highest BCUT2D eigenvalue weighted by molar-refractivity contribution is 5.85. The molecule has 1 amide bonds. The van der Waals surface area contributed by atoms with Crippen molar-refractivity contribution in [1.29, 1.82) is 0 Å². The van der Waals surface area contributed by atoms with Gasteiger partial charge >= 0.3 is 0 Å². The Bertz CT molecular complexity index is 299. The van der Waals surface area contributed by atoms with E-state index in [1.807, 2.05) is 0 Å². The van der Waals surface area contributed by atoms with Crippen molar-refractivity contribution in [2.75, 3.05) is 26.2 Å². The summed E-state index contributed by atoms with van der Waals surface area (Å²) in [5.41, 5.74) is 5.70. The molecule has 2 fully saturated rings. The summed E-state index contributed by atoms with van der Waals surface area (Å²) in [4.78, 5) is 16.9. The summed E-state index contributed by atoms with van der Waals surface area (Å²) in [6, 6.07) is 0.960. The van der Waals surface area contributed by atoms with Gasteiger partial charge in [-0.05, 0) is 58.5 Å². The number of carbonyl (C=O) groups is 1. The molecule has 0 saturated carbocycles. The Labute approximate surface area is 129 Å². The molecule has 2 aliphatic rings. The van der Waals surface area contributed by atoms with Gasteiger partial charge in [0.1, 0.15) is 0 Å². The first-order valence-corrected chi connectivity index (χ1v) is 7.96. The second kappa shape index (κ2) is 8.85. The molecule has 0 aliphatic carbocycles. The summed E-state index contributed by atoms with van der Waals surface area (Å²) in [6.45, 7) is 5.54. The summed E-state index contributed by atoms with van der Waals surface area (Å²) in [7, 11) is 0. The van der Waals surface area contributed by atoms with E-state index in [-0.39, 0.29) is 12.4 Å². The normalized spacial score (nSPS) is 28.0. The van der Waals surface area contributed by atoms with Crippen LogP contribution in [0.1, 0.15) is 51.9 Å². The predicted octanol–water partition coefficient (Wildman–Crippen LogP) is 2.01. The summed E-state index contributed by atoms with van der Waals surface area (Å²) in [5.74, 6) is 0.330. The van der Waals surface area contributed by atoms with Gasteiger partial charge in [0.25, 0.3) is 0 Å². The van der Waals surface area contributed by atoms with Crippen LogP contribution in [0.4, 0.5) is 0 Å². The molecule has 0 aromatic heterocycles. The largest absolute Gasteiger partial charge is 0.339 e. The standard InChI is InChI=1S/C15H29N3O.ClH/c1-13-6-2-5-11-18(13)15(19)12-17-10-4-3-7-14(17)8-9-16;/h13-14H,2-12,16H2,1H3;1H. The van der Waals surface area contributed by atoms with E-state index in [1.54, 1.807) is 0 Å². The Balaban J connectivity index is 0.00000200. The Morgan fingerprint density at radius 2 is 1.85 bits per heavy atom. The van der Waals surface area contributed by atoms with E-state index < -0.39 is 0 Å². The molecule has 118 valence electrons. The van der Waals surface area contributed by atoms with Crippen LogP contribution < -0.4 is 5.73 Å². The second-order valence-corrected chi connectivity index (χ2v) is 6.13. The molecule has 2 atom stereocenters. The summed E-state index contributed by atoms with van der Waals surface area (Å²) in [5, 5.41) is 0. The monoisotopic (exact) mass is 303 g/mol. The third kappa shape index (κ3) is 4.61. The van der Waals surface area contributed by atoms with Crippen molar-refractivity contribution < 1.29 is 4.79 Å². The smallest absolute Gasteiger partial charge is 0.236 e. The number of rotatable bonds is 4.